The topological polar surface area (TPSA) is 105 Å². The number of hydrogen-bond donors (Lipinski definition) is 3. The summed E-state index contributed by atoms with van der Waals surface area (Å²) < 4.78 is 0.774. The van der Waals surface area contributed by atoms with E-state index in [1.54, 1.807) is 6.07 Å². The standard InChI is InChI=1S/C16H21BrN4O3.ClH/c1-4-16(5-2)14(23)21(15(24)20-16)8-12(22)19-11-7-10(17)6-9(3)13(11)18;/h6-7H,4-5,8,18H2,1-3H3,(H,19,22)(H,20,24);1H. The minimum Gasteiger partial charge on any atom is -0.397 e. The van der Waals surface area contributed by atoms with Crippen molar-refractivity contribution in [2.45, 2.75) is 39.2 Å². The summed E-state index contributed by atoms with van der Waals surface area (Å²) in [6, 6.07) is 2.96. The summed E-state index contributed by atoms with van der Waals surface area (Å²) in [5.41, 5.74) is 6.74. The zero-order valence-corrected chi connectivity index (χ0v) is 16.7. The molecule has 0 atom stereocenters. The van der Waals surface area contributed by atoms with Crippen LogP contribution in [0.25, 0.3) is 0 Å². The first-order valence-corrected chi connectivity index (χ1v) is 8.53. The lowest BCUT2D eigenvalue weighted by Crippen LogP contribution is -2.46. The zero-order chi connectivity index (χ0) is 18.1. The highest BCUT2D eigenvalue weighted by Crippen LogP contribution is 2.28. The SMILES string of the molecule is CCC1(CC)NC(=O)N(CC(=O)Nc2cc(Br)cc(C)c2N)C1=O.Cl. The lowest BCUT2D eigenvalue weighted by atomic mass is 9.93. The van der Waals surface area contributed by atoms with Crippen LogP contribution in [0.5, 0.6) is 0 Å². The second kappa shape index (κ2) is 8.05. The Morgan fingerprint density at radius 3 is 2.44 bits per heavy atom. The van der Waals surface area contributed by atoms with Gasteiger partial charge in [0.15, 0.2) is 0 Å². The Bertz CT molecular complexity index is 707. The Kier molecular flexibility index (Phi) is 6.84. The van der Waals surface area contributed by atoms with Gasteiger partial charge in [0.2, 0.25) is 5.91 Å². The van der Waals surface area contributed by atoms with Gasteiger partial charge in [-0.05, 0) is 37.5 Å². The van der Waals surface area contributed by atoms with E-state index in [0.29, 0.717) is 24.2 Å². The van der Waals surface area contributed by atoms with Crippen molar-refractivity contribution in [2.24, 2.45) is 0 Å². The summed E-state index contributed by atoms with van der Waals surface area (Å²) >= 11 is 3.34. The van der Waals surface area contributed by atoms with Crippen molar-refractivity contribution < 1.29 is 14.4 Å². The number of imide groups is 1. The van der Waals surface area contributed by atoms with Crippen molar-refractivity contribution in [3.63, 3.8) is 0 Å². The molecule has 25 heavy (non-hydrogen) atoms. The zero-order valence-electron chi connectivity index (χ0n) is 14.3. The van der Waals surface area contributed by atoms with E-state index in [9.17, 15) is 14.4 Å². The van der Waals surface area contributed by atoms with Crippen LogP contribution in [-0.2, 0) is 9.59 Å². The van der Waals surface area contributed by atoms with Gasteiger partial charge in [-0.25, -0.2) is 4.79 Å². The van der Waals surface area contributed by atoms with E-state index < -0.39 is 17.5 Å². The first-order valence-electron chi connectivity index (χ1n) is 7.73. The molecule has 1 aliphatic heterocycles. The average molecular weight is 434 g/mol. The highest BCUT2D eigenvalue weighted by Gasteiger charge is 2.49. The Morgan fingerprint density at radius 2 is 1.92 bits per heavy atom. The lowest BCUT2D eigenvalue weighted by Gasteiger charge is -2.23. The molecule has 1 heterocycles. The third-order valence-electron chi connectivity index (χ3n) is 4.38. The molecule has 1 aromatic carbocycles. The number of nitrogens with zero attached hydrogens (tertiary/aromatic N) is 1. The number of nitrogens with one attached hydrogen (secondary N) is 2. The van der Waals surface area contributed by atoms with Crippen molar-refractivity contribution in [1.82, 2.24) is 10.2 Å². The molecule has 1 saturated heterocycles. The quantitative estimate of drug-likeness (QED) is 0.490. The number of rotatable bonds is 5. The number of halogens is 2. The summed E-state index contributed by atoms with van der Waals surface area (Å²) in [6.07, 6.45) is 0.952. The number of carbonyl (C=O) groups excluding carboxylic acids is 3. The van der Waals surface area contributed by atoms with Gasteiger partial charge in [0.25, 0.3) is 5.91 Å². The van der Waals surface area contributed by atoms with Gasteiger partial charge in [0, 0.05) is 4.47 Å². The molecule has 1 aliphatic rings. The molecule has 9 heteroatoms. The molecule has 1 fully saturated rings. The average Bonchev–Trinajstić information content (AvgIpc) is 2.76. The largest absolute Gasteiger partial charge is 0.397 e. The van der Waals surface area contributed by atoms with Crippen LogP contribution in [0.1, 0.15) is 32.3 Å². The molecule has 0 spiro atoms. The van der Waals surface area contributed by atoms with Crippen LogP contribution in [0, 0.1) is 6.92 Å². The molecule has 7 nitrogen and oxygen atoms in total. The number of benzene rings is 1. The van der Waals surface area contributed by atoms with Crippen LogP contribution in [0.4, 0.5) is 16.2 Å². The van der Waals surface area contributed by atoms with Gasteiger partial charge in [0.1, 0.15) is 12.1 Å². The van der Waals surface area contributed by atoms with Crippen LogP contribution in [0.2, 0.25) is 0 Å². The van der Waals surface area contributed by atoms with E-state index in [-0.39, 0.29) is 24.9 Å². The van der Waals surface area contributed by atoms with E-state index in [1.807, 2.05) is 26.8 Å². The number of urea groups is 1. The van der Waals surface area contributed by atoms with Gasteiger partial charge in [-0.2, -0.15) is 0 Å². The molecule has 2 rings (SSSR count). The molecule has 1 aromatic rings. The van der Waals surface area contributed by atoms with Gasteiger partial charge in [-0.1, -0.05) is 29.8 Å². The summed E-state index contributed by atoms with van der Waals surface area (Å²) in [5, 5.41) is 5.35. The molecular formula is C16H22BrClN4O3. The van der Waals surface area contributed by atoms with E-state index in [0.717, 1.165) is 14.9 Å². The summed E-state index contributed by atoms with van der Waals surface area (Å²) in [6.45, 7) is 5.13. The Hall–Kier alpha value is -1.80. The predicted octanol–water partition coefficient (Wildman–Crippen LogP) is 2.81. The van der Waals surface area contributed by atoms with Crippen LogP contribution < -0.4 is 16.4 Å². The van der Waals surface area contributed by atoms with Gasteiger partial charge in [-0.3, -0.25) is 14.5 Å². The summed E-state index contributed by atoms with van der Waals surface area (Å²) in [5.74, 6) is -0.850. The van der Waals surface area contributed by atoms with E-state index in [2.05, 4.69) is 26.6 Å². The summed E-state index contributed by atoms with van der Waals surface area (Å²) in [7, 11) is 0. The first-order chi connectivity index (χ1) is 11.2. The van der Waals surface area contributed by atoms with Crippen molar-refractivity contribution in [1.29, 1.82) is 0 Å². The van der Waals surface area contributed by atoms with Crippen molar-refractivity contribution in [3.05, 3.63) is 22.2 Å². The number of amides is 4. The maximum atomic E-state index is 12.5. The maximum absolute atomic E-state index is 12.5. The minimum atomic E-state index is -0.914. The minimum absolute atomic E-state index is 0. The Morgan fingerprint density at radius 1 is 1.32 bits per heavy atom. The van der Waals surface area contributed by atoms with Crippen LogP contribution >= 0.6 is 28.3 Å². The Labute approximate surface area is 161 Å². The second-order valence-electron chi connectivity index (χ2n) is 5.84. The number of anilines is 2. The Balaban J connectivity index is 0.00000312. The molecule has 0 aliphatic carbocycles. The fraction of sp³-hybridized carbons (Fsp3) is 0.438. The van der Waals surface area contributed by atoms with E-state index in [1.165, 1.54) is 0 Å². The lowest BCUT2D eigenvalue weighted by molar-refractivity contribution is -0.134. The van der Waals surface area contributed by atoms with Gasteiger partial charge in [-0.15, -0.1) is 12.4 Å². The van der Waals surface area contributed by atoms with Crippen LogP contribution in [0.3, 0.4) is 0 Å². The van der Waals surface area contributed by atoms with Crippen molar-refractivity contribution in [2.75, 3.05) is 17.6 Å². The van der Waals surface area contributed by atoms with E-state index in [4.69, 9.17) is 5.73 Å². The van der Waals surface area contributed by atoms with Crippen LogP contribution in [0.15, 0.2) is 16.6 Å². The normalized spacial score (nSPS) is 15.6. The smallest absolute Gasteiger partial charge is 0.325 e. The third-order valence-corrected chi connectivity index (χ3v) is 4.84. The van der Waals surface area contributed by atoms with Crippen LogP contribution in [-0.4, -0.2) is 34.8 Å². The molecule has 0 aromatic heterocycles. The summed E-state index contributed by atoms with van der Waals surface area (Å²) in [4.78, 5) is 37.8. The predicted molar refractivity (Wildman–Crippen MR) is 103 cm³/mol. The van der Waals surface area contributed by atoms with Gasteiger partial charge in [0.05, 0.1) is 11.4 Å². The second-order valence-corrected chi connectivity index (χ2v) is 6.76. The molecular weight excluding hydrogens is 412 g/mol. The molecule has 0 radical (unpaired) electrons. The number of aryl methyl sites for hydroxylation is 1. The number of hydrogen-bond acceptors (Lipinski definition) is 4. The molecule has 4 amide bonds. The molecule has 138 valence electrons. The number of nitrogen functional groups attached to an aromatic ring is 1. The number of carbonyl (C=O) groups is 3. The first kappa shape index (κ1) is 21.2. The monoisotopic (exact) mass is 432 g/mol. The fourth-order valence-corrected chi connectivity index (χ4v) is 3.31. The highest BCUT2D eigenvalue weighted by molar-refractivity contribution is 9.10. The third kappa shape index (κ3) is 4.07. The molecule has 0 unspecified atom stereocenters. The van der Waals surface area contributed by atoms with Crippen molar-refractivity contribution in [3.8, 4) is 0 Å². The molecule has 4 N–H and O–H groups in total. The molecule has 0 bridgehead atoms. The van der Waals surface area contributed by atoms with Crippen molar-refractivity contribution >= 4 is 57.6 Å². The van der Waals surface area contributed by atoms with Gasteiger partial charge >= 0.3 is 6.03 Å². The maximum Gasteiger partial charge on any atom is 0.325 e. The highest BCUT2D eigenvalue weighted by atomic mass is 79.9. The fourth-order valence-electron chi connectivity index (χ4n) is 2.74. The van der Waals surface area contributed by atoms with Gasteiger partial charge < -0.3 is 16.4 Å². The number of nitrogens with two attached hydrogens (primary N) is 1. The molecule has 0 saturated carbocycles. The van der Waals surface area contributed by atoms with E-state index >= 15 is 0 Å².